The topological polar surface area (TPSA) is 49.3 Å². The van der Waals surface area contributed by atoms with Gasteiger partial charge in [0.1, 0.15) is 0 Å². The Morgan fingerprint density at radius 2 is 1.65 bits per heavy atom. The molecule has 2 rings (SSSR count). The number of rotatable bonds is 4. The molecule has 0 aromatic heterocycles. The first kappa shape index (κ1) is 14.1. The quantitative estimate of drug-likeness (QED) is 0.886. The van der Waals surface area contributed by atoms with Gasteiger partial charge < -0.3 is 10.4 Å². The van der Waals surface area contributed by atoms with Crippen molar-refractivity contribution >= 4 is 11.7 Å². The molecule has 0 aliphatic carbocycles. The van der Waals surface area contributed by atoms with Crippen molar-refractivity contribution < 1.29 is 9.90 Å². The summed E-state index contributed by atoms with van der Waals surface area (Å²) in [4.78, 5) is 11.5. The third-order valence-electron chi connectivity index (χ3n) is 3.48. The van der Waals surface area contributed by atoms with Crippen molar-refractivity contribution in [2.45, 2.75) is 26.8 Å². The molecule has 0 saturated heterocycles. The molecule has 20 heavy (non-hydrogen) atoms. The Bertz CT molecular complexity index is 617. The summed E-state index contributed by atoms with van der Waals surface area (Å²) in [5.74, 6) is -0.882. The molecule has 2 aromatic carbocycles. The van der Waals surface area contributed by atoms with Crippen molar-refractivity contribution in [2.75, 3.05) is 5.32 Å². The van der Waals surface area contributed by atoms with Crippen LogP contribution in [0.25, 0.3) is 0 Å². The van der Waals surface area contributed by atoms with E-state index in [-0.39, 0.29) is 0 Å². The van der Waals surface area contributed by atoms with Gasteiger partial charge in [-0.3, -0.25) is 0 Å². The molecule has 1 unspecified atom stereocenters. The number of hydrogen-bond acceptors (Lipinski definition) is 2. The van der Waals surface area contributed by atoms with Crippen molar-refractivity contribution in [3.8, 4) is 0 Å². The highest BCUT2D eigenvalue weighted by atomic mass is 16.4. The van der Waals surface area contributed by atoms with E-state index in [1.54, 1.807) is 0 Å². The highest BCUT2D eigenvalue weighted by molar-refractivity contribution is 5.79. The molecule has 0 heterocycles. The maximum Gasteiger partial charge on any atom is 0.330 e. The first-order chi connectivity index (χ1) is 9.47. The van der Waals surface area contributed by atoms with E-state index in [2.05, 4.69) is 5.32 Å². The van der Waals surface area contributed by atoms with Crippen LogP contribution >= 0.6 is 0 Å². The third kappa shape index (κ3) is 3.18. The Hall–Kier alpha value is -2.29. The average molecular weight is 269 g/mol. The summed E-state index contributed by atoms with van der Waals surface area (Å²) in [5, 5.41) is 12.5. The van der Waals surface area contributed by atoms with Crippen LogP contribution in [0, 0.1) is 20.8 Å². The van der Waals surface area contributed by atoms with Gasteiger partial charge in [-0.25, -0.2) is 4.79 Å². The number of carboxylic acids is 1. The van der Waals surface area contributed by atoms with Crippen LogP contribution in [0.15, 0.2) is 42.5 Å². The molecule has 0 aliphatic heterocycles. The minimum absolute atomic E-state index is 0.738. The number of benzene rings is 2. The number of aliphatic carboxylic acids is 1. The van der Waals surface area contributed by atoms with E-state index in [0.29, 0.717) is 0 Å². The largest absolute Gasteiger partial charge is 0.479 e. The Labute approximate surface area is 119 Å². The highest BCUT2D eigenvalue weighted by Crippen LogP contribution is 2.22. The van der Waals surface area contributed by atoms with Gasteiger partial charge in [-0.15, -0.1) is 0 Å². The minimum Gasteiger partial charge on any atom is -0.479 e. The van der Waals surface area contributed by atoms with Crippen molar-refractivity contribution in [3.63, 3.8) is 0 Å². The van der Waals surface area contributed by atoms with E-state index in [0.717, 1.165) is 22.4 Å². The normalized spacial score (nSPS) is 11.9. The van der Waals surface area contributed by atoms with Crippen molar-refractivity contribution in [3.05, 3.63) is 64.7 Å². The van der Waals surface area contributed by atoms with Crippen LogP contribution in [0.2, 0.25) is 0 Å². The van der Waals surface area contributed by atoms with Crippen molar-refractivity contribution in [1.29, 1.82) is 0 Å². The number of aryl methyl sites for hydroxylation is 3. The van der Waals surface area contributed by atoms with E-state index in [4.69, 9.17) is 0 Å². The predicted molar refractivity (Wildman–Crippen MR) is 81.1 cm³/mol. The molecule has 2 N–H and O–H groups in total. The Morgan fingerprint density at radius 1 is 1.00 bits per heavy atom. The summed E-state index contributed by atoms with van der Waals surface area (Å²) >= 11 is 0. The standard InChI is InChI=1S/C17H19NO2/c1-11-4-7-14(8-5-11)16(17(19)20)18-15-9-6-12(2)13(3)10-15/h4-10,16,18H,1-3H3,(H,19,20). The number of anilines is 1. The molecule has 0 radical (unpaired) electrons. The maximum absolute atomic E-state index is 11.5. The molecule has 3 heteroatoms. The summed E-state index contributed by atoms with van der Waals surface area (Å²) < 4.78 is 0. The van der Waals surface area contributed by atoms with E-state index in [1.165, 1.54) is 5.56 Å². The number of carbonyl (C=O) groups is 1. The number of hydrogen-bond donors (Lipinski definition) is 2. The van der Waals surface area contributed by atoms with Gasteiger partial charge in [-0.2, -0.15) is 0 Å². The van der Waals surface area contributed by atoms with Crippen LogP contribution in [-0.2, 0) is 4.79 Å². The second-order valence-electron chi connectivity index (χ2n) is 5.13. The zero-order chi connectivity index (χ0) is 14.7. The molecule has 0 amide bonds. The number of nitrogens with one attached hydrogen (secondary N) is 1. The molecule has 0 bridgehead atoms. The molecule has 0 spiro atoms. The summed E-state index contributed by atoms with van der Waals surface area (Å²) in [6.07, 6.45) is 0. The SMILES string of the molecule is Cc1ccc(C(Nc2ccc(C)c(C)c2)C(=O)O)cc1. The van der Waals surface area contributed by atoms with E-state index < -0.39 is 12.0 Å². The predicted octanol–water partition coefficient (Wildman–Crippen LogP) is 3.85. The molecule has 3 nitrogen and oxygen atoms in total. The second-order valence-corrected chi connectivity index (χ2v) is 5.13. The minimum atomic E-state index is -0.882. The Morgan fingerprint density at radius 3 is 2.20 bits per heavy atom. The van der Waals surface area contributed by atoms with Crippen molar-refractivity contribution in [2.24, 2.45) is 0 Å². The Kier molecular flexibility index (Phi) is 4.08. The average Bonchev–Trinajstić information content (AvgIpc) is 2.41. The van der Waals surface area contributed by atoms with Crippen LogP contribution in [0.3, 0.4) is 0 Å². The van der Waals surface area contributed by atoms with E-state index in [9.17, 15) is 9.90 Å². The van der Waals surface area contributed by atoms with Crippen LogP contribution in [0.1, 0.15) is 28.3 Å². The van der Waals surface area contributed by atoms with Crippen LogP contribution in [-0.4, -0.2) is 11.1 Å². The van der Waals surface area contributed by atoms with Gasteiger partial charge in [-0.05, 0) is 49.6 Å². The van der Waals surface area contributed by atoms with E-state index in [1.807, 2.05) is 63.2 Å². The summed E-state index contributed by atoms with van der Waals surface area (Å²) in [6.45, 7) is 6.03. The summed E-state index contributed by atoms with van der Waals surface area (Å²) in [6, 6.07) is 12.7. The summed E-state index contributed by atoms with van der Waals surface area (Å²) in [5.41, 5.74) is 5.02. The van der Waals surface area contributed by atoms with Crippen LogP contribution in [0.5, 0.6) is 0 Å². The van der Waals surface area contributed by atoms with Crippen LogP contribution in [0.4, 0.5) is 5.69 Å². The number of carboxylic acid groups (broad SMARTS) is 1. The molecule has 2 aromatic rings. The zero-order valence-corrected chi connectivity index (χ0v) is 12.0. The molecule has 104 valence electrons. The van der Waals surface area contributed by atoms with Gasteiger partial charge in [0.2, 0.25) is 0 Å². The first-order valence-corrected chi connectivity index (χ1v) is 6.60. The summed E-state index contributed by atoms with van der Waals surface area (Å²) in [7, 11) is 0. The highest BCUT2D eigenvalue weighted by Gasteiger charge is 2.19. The van der Waals surface area contributed by atoms with Gasteiger partial charge in [0.05, 0.1) is 0 Å². The Balaban J connectivity index is 2.27. The maximum atomic E-state index is 11.5. The third-order valence-corrected chi connectivity index (χ3v) is 3.48. The lowest BCUT2D eigenvalue weighted by molar-refractivity contribution is -0.138. The first-order valence-electron chi connectivity index (χ1n) is 6.60. The molecule has 0 saturated carbocycles. The van der Waals surface area contributed by atoms with E-state index >= 15 is 0 Å². The fourth-order valence-corrected chi connectivity index (χ4v) is 2.04. The van der Waals surface area contributed by atoms with Crippen LogP contribution < -0.4 is 5.32 Å². The molecular formula is C17H19NO2. The fourth-order valence-electron chi connectivity index (χ4n) is 2.04. The second kappa shape index (κ2) is 5.78. The fraction of sp³-hybridized carbons (Fsp3) is 0.235. The van der Waals surface area contributed by atoms with Gasteiger partial charge in [-0.1, -0.05) is 35.9 Å². The lowest BCUT2D eigenvalue weighted by Gasteiger charge is -2.17. The van der Waals surface area contributed by atoms with Gasteiger partial charge in [0, 0.05) is 5.69 Å². The zero-order valence-electron chi connectivity index (χ0n) is 12.0. The molecule has 0 fully saturated rings. The van der Waals surface area contributed by atoms with Gasteiger partial charge in [0.15, 0.2) is 6.04 Å². The molecule has 0 aliphatic rings. The van der Waals surface area contributed by atoms with Gasteiger partial charge >= 0.3 is 5.97 Å². The van der Waals surface area contributed by atoms with Gasteiger partial charge in [0.25, 0.3) is 0 Å². The lowest BCUT2D eigenvalue weighted by Crippen LogP contribution is -2.20. The molecular weight excluding hydrogens is 250 g/mol. The van der Waals surface area contributed by atoms with Crippen molar-refractivity contribution in [1.82, 2.24) is 0 Å². The lowest BCUT2D eigenvalue weighted by atomic mass is 10.0. The molecule has 1 atom stereocenters. The monoisotopic (exact) mass is 269 g/mol. The smallest absolute Gasteiger partial charge is 0.330 e.